The van der Waals surface area contributed by atoms with Gasteiger partial charge < -0.3 is 38.1 Å². The predicted molar refractivity (Wildman–Crippen MR) is 214 cm³/mol. The number of phenolic OH excluding ortho intramolecular Hbond substituents is 2. The highest BCUT2D eigenvalue weighted by Crippen LogP contribution is 2.59. The van der Waals surface area contributed by atoms with E-state index in [0.29, 0.717) is 18.2 Å². The lowest BCUT2D eigenvalue weighted by Gasteiger charge is -2.38. The van der Waals surface area contributed by atoms with Crippen LogP contribution in [0.3, 0.4) is 0 Å². The van der Waals surface area contributed by atoms with Crippen LogP contribution in [0.2, 0.25) is 0 Å². The molecule has 6 aromatic rings. The quantitative estimate of drug-likeness (QED) is 0.0494. The lowest BCUT2D eigenvalue weighted by molar-refractivity contribution is -0.121. The Hall–Kier alpha value is -8.20. The molecule has 0 saturated heterocycles. The molecule has 366 valence electrons. The number of rotatable bonds is 6. The molecule has 0 radical (unpaired) electrons. The fraction of sp³-hybridized carbons (Fsp3) is 0.0909. The number of alkyl halides is 3. The molecule has 4 heterocycles. The van der Waals surface area contributed by atoms with Crippen molar-refractivity contribution in [3.8, 4) is 40.2 Å². The molecule has 4 aliphatic heterocycles. The van der Waals surface area contributed by atoms with Gasteiger partial charge in [-0.1, -0.05) is 0 Å². The standard InChI is InChI=1S/C23H11F7O7SSi.C21H8F4O7/c1-8-14(24)5-12-19(16(8)26)39-20-13(6-15(25)18(17(20)27)37-38(33,34)23(28,29)30)22(12)11-3-2-9(35-7-31)4-10(11)21(32)36-22;22-12-4-10-18(14(24)16(12)27)31-19-11(5-13(23)17(28)15(19)25)21(10)9-2-1-7(30-6-26)3-8(9)20(29)32-21/h2-7H,39H2,1H3;1-6,27-28H. The number of benzene rings is 6. The van der Waals surface area contributed by atoms with E-state index in [1.807, 2.05) is 0 Å². The van der Waals surface area contributed by atoms with Crippen LogP contribution in [0.4, 0.5) is 48.3 Å². The first-order valence-electron chi connectivity index (χ1n) is 19.4. The number of ether oxygens (including phenoxy) is 5. The van der Waals surface area contributed by atoms with Crippen molar-refractivity contribution in [1.29, 1.82) is 0 Å². The van der Waals surface area contributed by atoms with Gasteiger partial charge in [0.2, 0.25) is 17.4 Å². The Morgan fingerprint density at radius 3 is 1.46 bits per heavy atom. The smallest absolute Gasteiger partial charge is 0.503 e. The zero-order valence-corrected chi connectivity index (χ0v) is 36.7. The van der Waals surface area contributed by atoms with E-state index in [0.717, 1.165) is 37.3 Å². The second kappa shape index (κ2) is 16.2. The summed E-state index contributed by atoms with van der Waals surface area (Å²) in [6.07, 6.45) is 0. The highest BCUT2D eigenvalue weighted by atomic mass is 32.2. The summed E-state index contributed by atoms with van der Waals surface area (Å²) in [7, 11) is -9.02. The zero-order chi connectivity index (χ0) is 51.6. The molecule has 0 fully saturated rings. The third-order valence-corrected chi connectivity index (χ3v) is 14.8. The lowest BCUT2D eigenvalue weighted by atomic mass is 9.77. The third-order valence-electron chi connectivity index (χ3n) is 11.7. The molecule has 14 nitrogen and oxygen atoms in total. The Morgan fingerprint density at radius 2 is 1.01 bits per heavy atom. The summed E-state index contributed by atoms with van der Waals surface area (Å²) < 4.78 is 210. The molecule has 0 amide bonds. The first-order chi connectivity index (χ1) is 33.3. The molecule has 10 rings (SSSR count). The van der Waals surface area contributed by atoms with Crippen molar-refractivity contribution in [2.75, 3.05) is 0 Å². The fourth-order valence-electron chi connectivity index (χ4n) is 8.65. The predicted octanol–water partition coefficient (Wildman–Crippen LogP) is 5.97. The van der Waals surface area contributed by atoms with Crippen molar-refractivity contribution < 1.29 is 114 Å². The van der Waals surface area contributed by atoms with Crippen molar-refractivity contribution in [3.63, 3.8) is 0 Å². The number of hydrogen-bond donors (Lipinski definition) is 2. The van der Waals surface area contributed by atoms with Gasteiger partial charge in [0.25, 0.3) is 12.9 Å². The molecule has 1 atom stereocenters. The maximum absolute atomic E-state index is 15.7. The molecule has 0 aromatic heterocycles. The summed E-state index contributed by atoms with van der Waals surface area (Å²) in [6, 6.07) is 9.24. The third kappa shape index (κ3) is 6.84. The molecule has 0 aliphatic carbocycles. The van der Waals surface area contributed by atoms with Crippen LogP contribution in [-0.4, -0.2) is 58.5 Å². The van der Waals surface area contributed by atoms with Crippen molar-refractivity contribution in [2.45, 2.75) is 23.6 Å². The summed E-state index contributed by atoms with van der Waals surface area (Å²) in [6.45, 7) is 1.20. The second-order valence-corrected chi connectivity index (χ2v) is 18.7. The van der Waals surface area contributed by atoms with E-state index in [1.165, 1.54) is 12.1 Å². The Morgan fingerprint density at radius 1 is 0.592 bits per heavy atom. The molecule has 6 aromatic carbocycles. The minimum absolute atomic E-state index is 0.0450. The van der Waals surface area contributed by atoms with E-state index >= 15 is 13.2 Å². The minimum atomic E-state index is -6.51. The summed E-state index contributed by atoms with van der Waals surface area (Å²) in [5, 5.41) is 18.4. The number of aromatic hydroxyl groups is 2. The van der Waals surface area contributed by atoms with Gasteiger partial charge in [0.1, 0.15) is 23.1 Å². The van der Waals surface area contributed by atoms with E-state index in [9.17, 15) is 72.9 Å². The lowest BCUT2D eigenvalue weighted by Crippen LogP contribution is -2.52. The normalized spacial score (nSPS) is 16.8. The molecule has 71 heavy (non-hydrogen) atoms. The van der Waals surface area contributed by atoms with Crippen LogP contribution in [0.1, 0.15) is 59.7 Å². The maximum Gasteiger partial charge on any atom is 0.534 e. The maximum atomic E-state index is 15.7. The van der Waals surface area contributed by atoms with Gasteiger partial charge >= 0.3 is 27.6 Å². The Balaban J connectivity index is 0.000000179. The van der Waals surface area contributed by atoms with Gasteiger partial charge in [-0.25, -0.2) is 35.9 Å². The topological polar surface area (TPSA) is 198 Å². The summed E-state index contributed by atoms with van der Waals surface area (Å²) in [4.78, 5) is 47.0. The van der Waals surface area contributed by atoms with Gasteiger partial charge in [-0.2, -0.15) is 30.4 Å². The van der Waals surface area contributed by atoms with Crippen molar-refractivity contribution in [3.05, 3.63) is 157 Å². The monoisotopic (exact) mass is 1040 g/mol. The van der Waals surface area contributed by atoms with Crippen LogP contribution in [0.25, 0.3) is 0 Å². The Kier molecular flexibility index (Phi) is 10.9. The van der Waals surface area contributed by atoms with Gasteiger partial charge in [0.05, 0.1) is 31.8 Å². The van der Waals surface area contributed by atoms with Gasteiger partial charge in [-0.3, -0.25) is 9.59 Å². The number of halogens is 11. The highest BCUT2D eigenvalue weighted by molar-refractivity contribution is 7.88. The number of carbonyl (C=O) groups is 4. The van der Waals surface area contributed by atoms with E-state index in [4.69, 9.17) is 14.2 Å². The van der Waals surface area contributed by atoms with Crippen LogP contribution < -0.4 is 28.8 Å². The molecule has 2 spiro atoms. The molecule has 27 heteroatoms. The van der Waals surface area contributed by atoms with Crippen molar-refractivity contribution in [1.82, 2.24) is 0 Å². The molecule has 0 bridgehead atoms. The van der Waals surface area contributed by atoms with E-state index < -0.39 is 151 Å². The number of fused-ring (bicyclic) bond motifs is 12. The van der Waals surface area contributed by atoms with E-state index in [2.05, 4.69) is 13.7 Å². The van der Waals surface area contributed by atoms with Crippen LogP contribution >= 0.6 is 0 Å². The average Bonchev–Trinajstić information content (AvgIpc) is 3.77. The number of carbonyl (C=O) groups excluding carboxylic acids is 4. The highest BCUT2D eigenvalue weighted by Gasteiger charge is 2.58. The molecule has 1 unspecified atom stereocenters. The van der Waals surface area contributed by atoms with Crippen molar-refractivity contribution >= 4 is 54.9 Å². The zero-order valence-electron chi connectivity index (χ0n) is 34.5. The first-order valence-corrected chi connectivity index (χ1v) is 22.2. The Bertz CT molecular complexity index is 3490. The second-order valence-electron chi connectivity index (χ2n) is 15.4. The molecular formula is C44H19F11O14SSi. The van der Waals surface area contributed by atoms with Gasteiger partial charge in [-0.15, -0.1) is 0 Å². The first kappa shape index (κ1) is 47.8. The SMILES string of the molecule is Cc1c(F)cc2c(c1F)[SiH2]c1c(cc(F)c(OS(=O)(=O)C(F)(F)F)c1F)C21OC(=O)c2cc(OC=O)ccc21.O=COc1ccc2c(c1)C(=O)OC21c2cc(F)c(O)c(F)c2Oc2c1cc(F)c(O)c2F. The number of esters is 2. The number of hydrogen-bond acceptors (Lipinski definition) is 14. The minimum Gasteiger partial charge on any atom is -0.503 e. The van der Waals surface area contributed by atoms with Crippen LogP contribution in [0.5, 0.6) is 40.2 Å². The van der Waals surface area contributed by atoms with Crippen LogP contribution in [0, 0.1) is 53.5 Å². The number of phenols is 2. The largest absolute Gasteiger partial charge is 0.534 e. The van der Waals surface area contributed by atoms with Gasteiger partial charge in [0.15, 0.2) is 57.5 Å². The van der Waals surface area contributed by atoms with Crippen LogP contribution in [-0.2, 0) is 40.4 Å². The fourth-order valence-corrected chi connectivity index (χ4v) is 11.3. The van der Waals surface area contributed by atoms with E-state index in [1.54, 1.807) is 0 Å². The summed E-state index contributed by atoms with van der Waals surface area (Å²) >= 11 is 0. The average molecular weight is 1040 g/mol. The summed E-state index contributed by atoms with van der Waals surface area (Å²) in [5.74, 6) is -21.4. The van der Waals surface area contributed by atoms with Gasteiger partial charge in [0, 0.05) is 27.8 Å². The molecular weight excluding hydrogens is 1020 g/mol. The summed E-state index contributed by atoms with van der Waals surface area (Å²) in [5.41, 5.74) is -14.0. The molecule has 4 aliphatic rings. The van der Waals surface area contributed by atoms with Crippen molar-refractivity contribution in [2.24, 2.45) is 0 Å². The van der Waals surface area contributed by atoms with E-state index in [-0.39, 0.29) is 57.4 Å². The van der Waals surface area contributed by atoms with Crippen LogP contribution in [0.15, 0.2) is 60.7 Å². The molecule has 2 N–H and O–H groups in total. The van der Waals surface area contributed by atoms with Gasteiger partial charge in [-0.05, 0) is 78.0 Å². The Labute approximate surface area is 389 Å². The molecule has 0 saturated carbocycles.